The molecule has 0 radical (unpaired) electrons. The van der Waals surface area contributed by atoms with Gasteiger partial charge in [-0.15, -0.1) is 0 Å². The number of anilines is 1. The summed E-state index contributed by atoms with van der Waals surface area (Å²) in [6.07, 6.45) is -0.662. The average molecular weight is 249 g/mol. The smallest absolute Gasteiger partial charge is 0.259 e. The summed E-state index contributed by atoms with van der Waals surface area (Å²) >= 11 is 0. The third-order valence-electron chi connectivity index (χ3n) is 3.07. The highest BCUT2D eigenvalue weighted by molar-refractivity contribution is 6.13. The van der Waals surface area contributed by atoms with Crippen LogP contribution in [0.5, 0.6) is 5.75 Å². The van der Waals surface area contributed by atoms with E-state index in [-0.39, 0.29) is 11.7 Å². The zero-order chi connectivity index (χ0) is 13.3. The Morgan fingerprint density at radius 1 is 1.22 bits per heavy atom. The zero-order valence-corrected chi connectivity index (χ0v) is 10.5. The van der Waals surface area contributed by atoms with E-state index in [1.165, 1.54) is 18.9 Å². The van der Waals surface area contributed by atoms with Crippen LogP contribution in [0, 0.1) is 0 Å². The van der Waals surface area contributed by atoms with Crippen molar-refractivity contribution in [2.75, 3.05) is 19.1 Å². The van der Waals surface area contributed by atoms with Crippen LogP contribution < -0.4 is 9.64 Å². The molecule has 1 aromatic carbocycles. The first kappa shape index (κ1) is 12.6. The van der Waals surface area contributed by atoms with Gasteiger partial charge in [-0.1, -0.05) is 0 Å². The van der Waals surface area contributed by atoms with Gasteiger partial charge in [0.1, 0.15) is 11.8 Å². The van der Waals surface area contributed by atoms with Crippen molar-refractivity contribution >= 4 is 17.4 Å². The number of hydrogen-bond donors (Lipinski definition) is 0. The number of ketones is 1. The fourth-order valence-electron chi connectivity index (χ4n) is 2.12. The molecule has 18 heavy (non-hydrogen) atoms. The third-order valence-corrected chi connectivity index (χ3v) is 3.07. The summed E-state index contributed by atoms with van der Waals surface area (Å²) in [6.45, 7) is 1.46. The molecule has 0 aliphatic carbocycles. The van der Waals surface area contributed by atoms with Gasteiger partial charge in [0.25, 0.3) is 5.91 Å². The van der Waals surface area contributed by atoms with E-state index < -0.39 is 12.1 Å². The Kier molecular flexibility index (Phi) is 3.34. The quantitative estimate of drug-likeness (QED) is 0.747. The predicted molar refractivity (Wildman–Crippen MR) is 65.7 cm³/mol. The molecule has 0 unspecified atom stereocenters. The monoisotopic (exact) mass is 249 g/mol. The molecule has 0 saturated carbocycles. The van der Waals surface area contributed by atoms with Crippen molar-refractivity contribution in [1.29, 1.82) is 0 Å². The molecule has 0 spiro atoms. The van der Waals surface area contributed by atoms with Crippen LogP contribution in [-0.2, 0) is 14.3 Å². The average Bonchev–Trinajstić information content (AvgIpc) is 2.36. The van der Waals surface area contributed by atoms with Crippen LogP contribution in [0.3, 0.4) is 0 Å². The number of carbonyl (C=O) groups is 2. The summed E-state index contributed by atoms with van der Waals surface area (Å²) in [6, 6.07) is 6.47. The molecule has 0 N–H and O–H groups in total. The standard InChI is InChI=1S/C13H15NO4/c1-8(15)11-12(18-3)13(16)14(11)9-4-6-10(17-2)7-5-9/h4-7,11-12H,1-3H3/t11-,12+/m1/s1. The molecule has 1 saturated heterocycles. The molecule has 96 valence electrons. The van der Waals surface area contributed by atoms with Gasteiger partial charge < -0.3 is 9.47 Å². The van der Waals surface area contributed by atoms with Gasteiger partial charge in [0, 0.05) is 12.8 Å². The molecular weight excluding hydrogens is 234 g/mol. The second-order valence-corrected chi connectivity index (χ2v) is 4.12. The summed E-state index contributed by atoms with van der Waals surface area (Å²) in [4.78, 5) is 24.9. The minimum Gasteiger partial charge on any atom is -0.497 e. The molecule has 2 atom stereocenters. The number of methoxy groups -OCH3 is 2. The highest BCUT2D eigenvalue weighted by Gasteiger charge is 2.51. The summed E-state index contributed by atoms with van der Waals surface area (Å²) in [5.74, 6) is 0.425. The lowest BCUT2D eigenvalue weighted by Crippen LogP contribution is -2.68. The van der Waals surface area contributed by atoms with E-state index in [1.807, 2.05) is 0 Å². The number of nitrogens with zero attached hydrogens (tertiary/aromatic N) is 1. The van der Waals surface area contributed by atoms with E-state index in [9.17, 15) is 9.59 Å². The van der Waals surface area contributed by atoms with Crippen molar-refractivity contribution in [2.45, 2.75) is 19.1 Å². The molecule has 1 aromatic rings. The summed E-state index contributed by atoms with van der Waals surface area (Å²) < 4.78 is 10.1. The SMILES string of the molecule is COc1ccc(N2C(=O)[C@@H](OC)[C@H]2C(C)=O)cc1. The number of ether oxygens (including phenoxy) is 2. The van der Waals surface area contributed by atoms with Crippen LogP contribution in [0.4, 0.5) is 5.69 Å². The first-order chi connectivity index (χ1) is 8.60. The van der Waals surface area contributed by atoms with Crippen molar-refractivity contribution in [2.24, 2.45) is 0 Å². The number of benzene rings is 1. The molecule has 5 nitrogen and oxygen atoms in total. The van der Waals surface area contributed by atoms with Crippen molar-refractivity contribution in [1.82, 2.24) is 0 Å². The van der Waals surface area contributed by atoms with Crippen molar-refractivity contribution in [3.63, 3.8) is 0 Å². The van der Waals surface area contributed by atoms with E-state index in [0.29, 0.717) is 11.4 Å². The molecule has 0 bridgehead atoms. The summed E-state index contributed by atoms with van der Waals surface area (Å²) in [5, 5.41) is 0. The van der Waals surface area contributed by atoms with E-state index in [1.54, 1.807) is 31.4 Å². The van der Waals surface area contributed by atoms with Gasteiger partial charge in [0.15, 0.2) is 11.9 Å². The first-order valence-electron chi connectivity index (χ1n) is 5.60. The van der Waals surface area contributed by atoms with Crippen LogP contribution in [-0.4, -0.2) is 38.1 Å². The van der Waals surface area contributed by atoms with Gasteiger partial charge in [0.05, 0.1) is 7.11 Å². The normalized spacial score (nSPS) is 22.6. The molecule has 5 heteroatoms. The Morgan fingerprint density at radius 2 is 1.83 bits per heavy atom. The molecule has 1 heterocycles. The Morgan fingerprint density at radius 3 is 2.28 bits per heavy atom. The lowest BCUT2D eigenvalue weighted by atomic mass is 9.93. The van der Waals surface area contributed by atoms with Gasteiger partial charge in [-0.2, -0.15) is 0 Å². The number of hydrogen-bond acceptors (Lipinski definition) is 4. The topological polar surface area (TPSA) is 55.8 Å². The second kappa shape index (κ2) is 4.78. The van der Waals surface area contributed by atoms with E-state index >= 15 is 0 Å². The van der Waals surface area contributed by atoms with Crippen LogP contribution in [0.25, 0.3) is 0 Å². The first-order valence-corrected chi connectivity index (χ1v) is 5.60. The highest BCUT2D eigenvalue weighted by atomic mass is 16.5. The molecule has 0 aromatic heterocycles. The minimum atomic E-state index is -0.662. The number of carbonyl (C=O) groups excluding carboxylic acids is 2. The largest absolute Gasteiger partial charge is 0.497 e. The maximum atomic E-state index is 11.9. The third kappa shape index (κ3) is 1.86. The van der Waals surface area contributed by atoms with Gasteiger partial charge in [-0.25, -0.2) is 0 Å². The molecule has 1 aliphatic rings. The summed E-state index contributed by atoms with van der Waals surface area (Å²) in [5.41, 5.74) is 0.675. The minimum absolute atomic E-state index is 0.0859. The molecule has 1 aliphatic heterocycles. The van der Waals surface area contributed by atoms with Crippen LogP contribution >= 0.6 is 0 Å². The van der Waals surface area contributed by atoms with Crippen molar-refractivity contribution in [3.8, 4) is 5.75 Å². The maximum absolute atomic E-state index is 11.9. The number of rotatable bonds is 4. The fourth-order valence-corrected chi connectivity index (χ4v) is 2.12. The number of amides is 1. The molecule has 2 rings (SSSR count). The van der Waals surface area contributed by atoms with Crippen LogP contribution in [0.15, 0.2) is 24.3 Å². The van der Waals surface area contributed by atoms with E-state index in [4.69, 9.17) is 9.47 Å². The Hall–Kier alpha value is -1.88. The van der Waals surface area contributed by atoms with Gasteiger partial charge >= 0.3 is 0 Å². The number of Topliss-reactive ketones (excluding diaryl/α,β-unsaturated/α-hetero) is 1. The lowest BCUT2D eigenvalue weighted by Gasteiger charge is -2.44. The van der Waals surface area contributed by atoms with Crippen molar-refractivity contribution in [3.05, 3.63) is 24.3 Å². The zero-order valence-electron chi connectivity index (χ0n) is 10.5. The second-order valence-electron chi connectivity index (χ2n) is 4.12. The Bertz CT molecular complexity index is 468. The Labute approximate surface area is 105 Å². The number of β-lactam (4-membered cyclic amide) rings is 1. The highest BCUT2D eigenvalue weighted by Crippen LogP contribution is 2.31. The van der Waals surface area contributed by atoms with E-state index in [2.05, 4.69) is 0 Å². The summed E-state index contributed by atoms with van der Waals surface area (Å²) in [7, 11) is 3.01. The lowest BCUT2D eigenvalue weighted by molar-refractivity contribution is -0.145. The van der Waals surface area contributed by atoms with Crippen molar-refractivity contribution < 1.29 is 19.1 Å². The molecular formula is C13H15NO4. The van der Waals surface area contributed by atoms with Crippen LogP contribution in [0.2, 0.25) is 0 Å². The van der Waals surface area contributed by atoms with E-state index in [0.717, 1.165) is 0 Å². The van der Waals surface area contributed by atoms with Gasteiger partial charge in [-0.05, 0) is 31.2 Å². The Balaban J connectivity index is 2.26. The van der Waals surface area contributed by atoms with Gasteiger partial charge in [-0.3, -0.25) is 14.5 Å². The van der Waals surface area contributed by atoms with Crippen LogP contribution in [0.1, 0.15) is 6.92 Å². The fraction of sp³-hybridized carbons (Fsp3) is 0.385. The predicted octanol–water partition coefficient (Wildman–Crippen LogP) is 1.01. The molecule has 1 fully saturated rings. The van der Waals surface area contributed by atoms with Gasteiger partial charge in [0.2, 0.25) is 0 Å². The molecule has 1 amide bonds. The maximum Gasteiger partial charge on any atom is 0.259 e.